The van der Waals surface area contributed by atoms with Crippen LogP contribution in [0.25, 0.3) is 0 Å². The van der Waals surface area contributed by atoms with Gasteiger partial charge in [-0.3, -0.25) is 4.79 Å². The molecule has 3 aromatic rings. The molecule has 1 amide bonds. The van der Waals surface area contributed by atoms with Gasteiger partial charge < -0.3 is 15.4 Å². The number of para-hydroxylation sites is 2. The van der Waals surface area contributed by atoms with Gasteiger partial charge in [-0.2, -0.15) is 0 Å². The number of ether oxygens (including phenoxy) is 1. The van der Waals surface area contributed by atoms with Gasteiger partial charge in [0.05, 0.1) is 18.0 Å². The highest BCUT2D eigenvalue weighted by molar-refractivity contribution is 8.02. The number of hydrogen-bond donors (Lipinski definition) is 2. The van der Waals surface area contributed by atoms with Crippen LogP contribution in [0.15, 0.2) is 46.8 Å². The van der Waals surface area contributed by atoms with Crippen LogP contribution in [0.1, 0.15) is 18.1 Å². The van der Waals surface area contributed by atoms with Crippen LogP contribution < -0.4 is 15.4 Å². The number of methoxy groups -OCH3 is 1. The molecule has 28 heavy (non-hydrogen) atoms. The van der Waals surface area contributed by atoms with Crippen molar-refractivity contribution in [1.29, 1.82) is 0 Å². The van der Waals surface area contributed by atoms with Crippen molar-refractivity contribution in [3.63, 3.8) is 0 Å². The number of nitrogens with one attached hydrogen (secondary N) is 2. The minimum Gasteiger partial charge on any atom is -0.495 e. The largest absolute Gasteiger partial charge is 0.495 e. The van der Waals surface area contributed by atoms with Crippen molar-refractivity contribution in [1.82, 2.24) is 10.2 Å². The zero-order valence-corrected chi connectivity index (χ0v) is 17.8. The van der Waals surface area contributed by atoms with Gasteiger partial charge >= 0.3 is 0 Å². The normalized spacial score (nSPS) is 11.7. The summed E-state index contributed by atoms with van der Waals surface area (Å²) in [7, 11) is 1.58. The molecule has 8 heteroatoms. The third kappa shape index (κ3) is 4.82. The number of amides is 1. The highest BCUT2D eigenvalue weighted by Crippen LogP contribution is 2.32. The standard InChI is InChI=1S/C20H22N4O2S2/c1-12-8-7-10-15(13(12)2)22-19-23-24-20(28-19)27-14(3)18(25)21-16-9-5-6-11-17(16)26-4/h5-11,14H,1-4H3,(H,21,25)(H,22,23)/t14-/m1/s1. The predicted octanol–water partition coefficient (Wildman–Crippen LogP) is 5.03. The first kappa shape index (κ1) is 20.2. The number of carbonyl (C=O) groups excluding carboxylic acids is 1. The summed E-state index contributed by atoms with van der Waals surface area (Å²) in [5, 5.41) is 15.0. The van der Waals surface area contributed by atoms with Gasteiger partial charge in [-0.1, -0.05) is 47.4 Å². The summed E-state index contributed by atoms with van der Waals surface area (Å²) in [6.07, 6.45) is 0. The van der Waals surface area contributed by atoms with Crippen LogP contribution in [0.3, 0.4) is 0 Å². The Morgan fingerprint density at radius 2 is 1.86 bits per heavy atom. The molecule has 1 aromatic heterocycles. The number of rotatable bonds is 7. The zero-order chi connectivity index (χ0) is 20.1. The number of anilines is 3. The number of thioether (sulfide) groups is 1. The number of carbonyl (C=O) groups is 1. The van der Waals surface area contributed by atoms with Crippen LogP contribution in [0.2, 0.25) is 0 Å². The van der Waals surface area contributed by atoms with Crippen LogP contribution in [-0.4, -0.2) is 28.5 Å². The fraction of sp³-hybridized carbons (Fsp3) is 0.250. The maximum Gasteiger partial charge on any atom is 0.237 e. The molecule has 0 unspecified atom stereocenters. The van der Waals surface area contributed by atoms with Crippen molar-refractivity contribution < 1.29 is 9.53 Å². The number of benzene rings is 2. The molecule has 2 N–H and O–H groups in total. The van der Waals surface area contributed by atoms with Gasteiger partial charge in [-0.25, -0.2) is 0 Å². The van der Waals surface area contributed by atoms with Crippen molar-refractivity contribution in [2.75, 3.05) is 17.7 Å². The van der Waals surface area contributed by atoms with Crippen molar-refractivity contribution in [3.8, 4) is 5.75 Å². The van der Waals surface area contributed by atoms with E-state index in [0.717, 1.165) is 10.0 Å². The first-order valence-electron chi connectivity index (χ1n) is 8.75. The van der Waals surface area contributed by atoms with Crippen LogP contribution in [0.4, 0.5) is 16.5 Å². The highest BCUT2D eigenvalue weighted by Gasteiger charge is 2.18. The van der Waals surface area contributed by atoms with E-state index >= 15 is 0 Å². The molecule has 146 valence electrons. The molecule has 0 aliphatic heterocycles. The van der Waals surface area contributed by atoms with E-state index in [1.54, 1.807) is 7.11 Å². The number of aromatic nitrogens is 2. The molecule has 3 rings (SSSR count). The second-order valence-electron chi connectivity index (χ2n) is 6.20. The third-order valence-corrected chi connectivity index (χ3v) is 6.29. The molecule has 0 aliphatic rings. The van der Waals surface area contributed by atoms with Gasteiger partial charge in [0.15, 0.2) is 4.34 Å². The van der Waals surface area contributed by atoms with Gasteiger partial charge in [-0.15, -0.1) is 10.2 Å². The summed E-state index contributed by atoms with van der Waals surface area (Å²) < 4.78 is 6.00. The second-order valence-corrected chi connectivity index (χ2v) is 8.76. The zero-order valence-electron chi connectivity index (χ0n) is 16.1. The molecular weight excluding hydrogens is 392 g/mol. The Kier molecular flexibility index (Phi) is 6.53. The lowest BCUT2D eigenvalue weighted by Crippen LogP contribution is -2.22. The monoisotopic (exact) mass is 414 g/mol. The Morgan fingerprint density at radius 1 is 1.11 bits per heavy atom. The Bertz CT molecular complexity index is 974. The molecule has 1 atom stereocenters. The third-order valence-electron chi connectivity index (χ3n) is 4.26. The number of aryl methyl sites for hydroxylation is 1. The van der Waals surface area contributed by atoms with E-state index in [9.17, 15) is 4.79 Å². The van der Waals surface area contributed by atoms with Crippen LogP contribution >= 0.6 is 23.1 Å². The molecule has 1 heterocycles. The fourth-order valence-corrected chi connectivity index (χ4v) is 4.40. The SMILES string of the molecule is COc1ccccc1NC(=O)[C@@H](C)Sc1nnc(Nc2cccc(C)c2C)s1. The second kappa shape index (κ2) is 9.07. The molecule has 0 radical (unpaired) electrons. The lowest BCUT2D eigenvalue weighted by molar-refractivity contribution is -0.115. The van der Waals surface area contributed by atoms with Crippen LogP contribution in [0.5, 0.6) is 5.75 Å². The van der Waals surface area contributed by atoms with E-state index < -0.39 is 0 Å². The Balaban J connectivity index is 1.62. The van der Waals surface area contributed by atoms with E-state index in [1.165, 1.54) is 34.2 Å². The molecule has 2 aromatic carbocycles. The summed E-state index contributed by atoms with van der Waals surface area (Å²) in [4.78, 5) is 12.5. The van der Waals surface area contributed by atoms with Crippen LogP contribution in [0, 0.1) is 13.8 Å². The average molecular weight is 415 g/mol. The molecule has 0 spiro atoms. The predicted molar refractivity (Wildman–Crippen MR) is 116 cm³/mol. The van der Waals surface area contributed by atoms with E-state index in [1.807, 2.05) is 43.3 Å². The van der Waals surface area contributed by atoms with Gasteiger partial charge in [0.1, 0.15) is 5.75 Å². The molecular formula is C20H22N4O2S2. The van der Waals surface area contributed by atoms with Crippen molar-refractivity contribution in [2.24, 2.45) is 0 Å². The summed E-state index contributed by atoms with van der Waals surface area (Å²) in [5.41, 5.74) is 4.05. The highest BCUT2D eigenvalue weighted by atomic mass is 32.2. The van der Waals surface area contributed by atoms with E-state index in [4.69, 9.17) is 4.74 Å². The minimum atomic E-state index is -0.327. The van der Waals surface area contributed by atoms with Gasteiger partial charge in [0.2, 0.25) is 11.0 Å². The maximum absolute atomic E-state index is 12.5. The average Bonchev–Trinajstić information content (AvgIpc) is 3.12. The van der Waals surface area contributed by atoms with Crippen molar-refractivity contribution in [2.45, 2.75) is 30.4 Å². The van der Waals surface area contributed by atoms with Crippen molar-refractivity contribution in [3.05, 3.63) is 53.6 Å². The van der Waals surface area contributed by atoms with Crippen molar-refractivity contribution >= 4 is 45.5 Å². The smallest absolute Gasteiger partial charge is 0.237 e. The quantitative estimate of drug-likeness (QED) is 0.528. The summed E-state index contributed by atoms with van der Waals surface area (Å²) in [6.45, 7) is 5.98. The first-order chi connectivity index (χ1) is 13.5. The topological polar surface area (TPSA) is 76.1 Å². The summed E-state index contributed by atoms with van der Waals surface area (Å²) in [6, 6.07) is 13.4. The lowest BCUT2D eigenvalue weighted by Gasteiger charge is -2.12. The molecule has 0 saturated carbocycles. The summed E-state index contributed by atoms with van der Waals surface area (Å²) in [5.74, 6) is 0.512. The Labute approximate surface area is 172 Å². The van der Waals surface area contributed by atoms with E-state index in [-0.39, 0.29) is 11.2 Å². The fourth-order valence-electron chi connectivity index (χ4n) is 2.50. The van der Waals surface area contributed by atoms with Gasteiger partial charge in [0, 0.05) is 5.69 Å². The Hall–Kier alpha value is -2.58. The molecule has 0 aliphatic carbocycles. The lowest BCUT2D eigenvalue weighted by atomic mass is 10.1. The number of nitrogens with zero attached hydrogens (tertiary/aromatic N) is 2. The minimum absolute atomic E-state index is 0.117. The summed E-state index contributed by atoms with van der Waals surface area (Å²) >= 11 is 2.80. The van der Waals surface area contributed by atoms with Gasteiger partial charge in [0.25, 0.3) is 0 Å². The van der Waals surface area contributed by atoms with E-state index in [0.29, 0.717) is 16.6 Å². The Morgan fingerprint density at radius 3 is 2.64 bits per heavy atom. The van der Waals surface area contributed by atoms with Gasteiger partial charge in [-0.05, 0) is 50.1 Å². The van der Waals surface area contributed by atoms with Crippen LogP contribution in [-0.2, 0) is 4.79 Å². The maximum atomic E-state index is 12.5. The number of hydrogen-bond acceptors (Lipinski definition) is 7. The van der Waals surface area contributed by atoms with E-state index in [2.05, 4.69) is 40.7 Å². The molecule has 0 saturated heterocycles. The molecule has 6 nitrogen and oxygen atoms in total. The first-order valence-corrected chi connectivity index (χ1v) is 10.4. The molecule has 0 fully saturated rings. The molecule has 0 bridgehead atoms.